The van der Waals surface area contributed by atoms with Crippen LogP contribution in [0.3, 0.4) is 0 Å². The van der Waals surface area contributed by atoms with Gasteiger partial charge in [0.2, 0.25) is 5.91 Å². The zero-order valence-electron chi connectivity index (χ0n) is 17.6. The molecule has 3 N–H and O–H groups in total. The number of carbonyl (C=O) groups is 2. The third-order valence-corrected chi connectivity index (χ3v) is 5.57. The Bertz CT molecular complexity index is 1030. The second-order valence-corrected chi connectivity index (χ2v) is 8.50. The van der Waals surface area contributed by atoms with Crippen molar-refractivity contribution in [1.29, 1.82) is 0 Å². The molecule has 0 unspecified atom stereocenters. The minimum Gasteiger partial charge on any atom is -0.353 e. The van der Waals surface area contributed by atoms with Crippen molar-refractivity contribution in [3.05, 3.63) is 53.9 Å². The third kappa shape index (κ3) is 5.86. The van der Waals surface area contributed by atoms with Crippen molar-refractivity contribution in [3.8, 4) is 0 Å². The summed E-state index contributed by atoms with van der Waals surface area (Å²) in [5.74, 6) is 0.987. The van der Waals surface area contributed by atoms with E-state index >= 15 is 0 Å². The lowest BCUT2D eigenvalue weighted by Gasteiger charge is -2.11. The predicted molar refractivity (Wildman–Crippen MR) is 123 cm³/mol. The Kier molecular flexibility index (Phi) is 7.52. The van der Waals surface area contributed by atoms with Crippen LogP contribution in [0.1, 0.15) is 49.8 Å². The summed E-state index contributed by atoms with van der Waals surface area (Å²) in [5, 5.41) is 5.83. The molecule has 0 fully saturated rings. The summed E-state index contributed by atoms with van der Waals surface area (Å²) in [5.41, 5.74) is 3.06. The topological polar surface area (TPSA) is 86.9 Å². The average Bonchev–Trinajstić information content (AvgIpc) is 3.12. The number of rotatable bonds is 9. The summed E-state index contributed by atoms with van der Waals surface area (Å²) < 4.78 is 0. The van der Waals surface area contributed by atoms with Crippen molar-refractivity contribution in [3.63, 3.8) is 0 Å². The summed E-state index contributed by atoms with van der Waals surface area (Å²) in [6.07, 6.45) is 3.13. The van der Waals surface area contributed by atoms with Gasteiger partial charge in [0.25, 0.3) is 5.91 Å². The van der Waals surface area contributed by atoms with E-state index in [2.05, 4.69) is 27.5 Å². The molecule has 6 nitrogen and oxygen atoms in total. The quantitative estimate of drug-likeness (QED) is 0.432. The van der Waals surface area contributed by atoms with E-state index in [4.69, 9.17) is 0 Å². The Balaban J connectivity index is 1.70. The standard InChI is InChI=1S/C23H28N4O2S/c1-4-5-10-21-26-18-12-11-16(13-19(18)27-21)25-23(29)17-8-6-7-9-20(17)30-14-22(28)24-15(2)3/h6-9,11-13,15H,4-5,10,14H2,1-3H3,(H,24,28)(H,25,29)(H,26,27). The number of benzene rings is 2. The highest BCUT2D eigenvalue weighted by Gasteiger charge is 2.14. The van der Waals surface area contributed by atoms with Crippen LogP contribution >= 0.6 is 11.8 Å². The van der Waals surface area contributed by atoms with E-state index < -0.39 is 0 Å². The Labute approximate surface area is 181 Å². The van der Waals surface area contributed by atoms with Gasteiger partial charge in [0, 0.05) is 23.0 Å². The minimum absolute atomic E-state index is 0.0474. The van der Waals surface area contributed by atoms with Gasteiger partial charge >= 0.3 is 0 Å². The van der Waals surface area contributed by atoms with E-state index in [9.17, 15) is 9.59 Å². The molecule has 3 aromatic rings. The van der Waals surface area contributed by atoms with Crippen LogP contribution < -0.4 is 10.6 Å². The number of unbranched alkanes of at least 4 members (excludes halogenated alkanes) is 1. The summed E-state index contributed by atoms with van der Waals surface area (Å²) in [4.78, 5) is 33.5. The molecule has 30 heavy (non-hydrogen) atoms. The number of aryl methyl sites for hydroxylation is 1. The van der Waals surface area contributed by atoms with E-state index in [0.29, 0.717) is 11.3 Å². The number of hydrogen-bond donors (Lipinski definition) is 3. The zero-order chi connectivity index (χ0) is 21.5. The normalized spacial score (nSPS) is 11.1. The molecule has 0 saturated heterocycles. The molecule has 2 aromatic carbocycles. The van der Waals surface area contributed by atoms with Gasteiger partial charge in [0.05, 0.1) is 22.3 Å². The van der Waals surface area contributed by atoms with Gasteiger partial charge in [0.15, 0.2) is 0 Å². The molecule has 158 valence electrons. The molecule has 3 rings (SSSR count). The van der Waals surface area contributed by atoms with Gasteiger partial charge in [-0.3, -0.25) is 9.59 Å². The Morgan fingerprint density at radius 2 is 1.97 bits per heavy atom. The number of carbonyl (C=O) groups excluding carboxylic acids is 2. The Hall–Kier alpha value is -2.80. The van der Waals surface area contributed by atoms with Gasteiger partial charge in [0.1, 0.15) is 5.82 Å². The first-order valence-electron chi connectivity index (χ1n) is 10.3. The fourth-order valence-corrected chi connectivity index (χ4v) is 3.95. The van der Waals surface area contributed by atoms with E-state index in [1.807, 2.05) is 50.2 Å². The molecule has 0 aliphatic rings. The maximum Gasteiger partial charge on any atom is 0.256 e. The molecular weight excluding hydrogens is 396 g/mol. The minimum atomic E-state index is -0.201. The Morgan fingerprint density at radius 1 is 1.17 bits per heavy atom. The first-order chi connectivity index (χ1) is 14.5. The summed E-state index contributed by atoms with van der Waals surface area (Å²) in [6.45, 7) is 6.00. The van der Waals surface area contributed by atoms with E-state index in [0.717, 1.165) is 41.0 Å². The molecule has 0 radical (unpaired) electrons. The van der Waals surface area contributed by atoms with Crippen molar-refractivity contribution in [1.82, 2.24) is 15.3 Å². The van der Waals surface area contributed by atoms with Gasteiger partial charge in [-0.2, -0.15) is 0 Å². The maximum absolute atomic E-state index is 12.9. The van der Waals surface area contributed by atoms with Crippen LogP contribution in [0.4, 0.5) is 5.69 Å². The lowest BCUT2D eigenvalue weighted by Crippen LogP contribution is -2.31. The summed E-state index contributed by atoms with van der Waals surface area (Å²) in [6, 6.07) is 13.1. The van der Waals surface area contributed by atoms with Crippen LogP contribution in [0.25, 0.3) is 11.0 Å². The van der Waals surface area contributed by atoms with Crippen molar-refractivity contribution in [2.24, 2.45) is 0 Å². The van der Waals surface area contributed by atoms with Gasteiger partial charge in [-0.1, -0.05) is 25.5 Å². The number of aromatic amines is 1. The van der Waals surface area contributed by atoms with Crippen LogP contribution in [0.2, 0.25) is 0 Å². The first kappa shape index (κ1) is 21.9. The van der Waals surface area contributed by atoms with Crippen molar-refractivity contribution >= 4 is 40.3 Å². The number of anilines is 1. The van der Waals surface area contributed by atoms with Gasteiger partial charge in [-0.25, -0.2) is 4.98 Å². The molecule has 0 aliphatic heterocycles. The monoisotopic (exact) mass is 424 g/mol. The largest absolute Gasteiger partial charge is 0.353 e. The van der Waals surface area contributed by atoms with Gasteiger partial charge < -0.3 is 15.6 Å². The lowest BCUT2D eigenvalue weighted by atomic mass is 10.2. The zero-order valence-corrected chi connectivity index (χ0v) is 18.4. The number of thioether (sulfide) groups is 1. The van der Waals surface area contributed by atoms with Crippen LogP contribution in [0, 0.1) is 0 Å². The number of imidazole rings is 1. The van der Waals surface area contributed by atoms with E-state index in [1.165, 1.54) is 11.8 Å². The highest BCUT2D eigenvalue weighted by molar-refractivity contribution is 8.00. The lowest BCUT2D eigenvalue weighted by molar-refractivity contribution is -0.119. The van der Waals surface area contributed by atoms with E-state index in [1.54, 1.807) is 6.07 Å². The first-order valence-corrected chi connectivity index (χ1v) is 11.3. The van der Waals surface area contributed by atoms with Crippen molar-refractivity contribution in [2.75, 3.05) is 11.1 Å². The third-order valence-electron chi connectivity index (χ3n) is 4.50. The van der Waals surface area contributed by atoms with Crippen LogP contribution in [0.5, 0.6) is 0 Å². The molecule has 1 heterocycles. The molecule has 1 aromatic heterocycles. The second kappa shape index (κ2) is 10.3. The SMILES string of the molecule is CCCCc1nc2ccc(NC(=O)c3ccccc3SCC(=O)NC(C)C)cc2[nH]1. The molecule has 7 heteroatoms. The van der Waals surface area contributed by atoms with Crippen LogP contribution in [-0.4, -0.2) is 33.6 Å². The van der Waals surface area contributed by atoms with Crippen molar-refractivity contribution in [2.45, 2.75) is 51.0 Å². The summed E-state index contributed by atoms with van der Waals surface area (Å²) >= 11 is 1.36. The van der Waals surface area contributed by atoms with Crippen LogP contribution in [0.15, 0.2) is 47.4 Å². The number of fused-ring (bicyclic) bond motifs is 1. The highest BCUT2D eigenvalue weighted by atomic mass is 32.2. The van der Waals surface area contributed by atoms with Crippen molar-refractivity contribution < 1.29 is 9.59 Å². The second-order valence-electron chi connectivity index (χ2n) is 7.48. The number of hydrogen-bond acceptors (Lipinski definition) is 4. The molecule has 0 bridgehead atoms. The summed E-state index contributed by atoms with van der Waals surface area (Å²) in [7, 11) is 0. The number of aromatic nitrogens is 2. The number of nitrogens with zero attached hydrogens (tertiary/aromatic N) is 1. The number of H-pyrrole nitrogens is 1. The van der Waals surface area contributed by atoms with Gasteiger partial charge in [-0.15, -0.1) is 11.8 Å². The molecule has 0 spiro atoms. The molecular formula is C23H28N4O2S. The molecule has 2 amide bonds. The fourth-order valence-electron chi connectivity index (χ4n) is 3.09. The maximum atomic E-state index is 12.9. The smallest absolute Gasteiger partial charge is 0.256 e. The average molecular weight is 425 g/mol. The van der Waals surface area contributed by atoms with E-state index in [-0.39, 0.29) is 23.6 Å². The molecule has 0 atom stereocenters. The highest BCUT2D eigenvalue weighted by Crippen LogP contribution is 2.24. The van der Waals surface area contributed by atoms with Gasteiger partial charge in [-0.05, 0) is 50.6 Å². The van der Waals surface area contributed by atoms with Crippen LogP contribution in [-0.2, 0) is 11.2 Å². The number of nitrogens with one attached hydrogen (secondary N) is 3. The number of amides is 2. The molecule has 0 aliphatic carbocycles. The Morgan fingerprint density at radius 3 is 2.73 bits per heavy atom. The fraction of sp³-hybridized carbons (Fsp3) is 0.348. The molecule has 0 saturated carbocycles. The predicted octanol–water partition coefficient (Wildman–Crippen LogP) is 4.77.